The normalized spacial score (nSPS) is 16.5. The largest absolute Gasteiger partial charge is 0.495 e. The second-order valence-corrected chi connectivity index (χ2v) is 6.90. The molecule has 2 aromatic rings. The minimum Gasteiger partial charge on any atom is -0.495 e. The molecule has 1 fully saturated rings. The summed E-state index contributed by atoms with van der Waals surface area (Å²) in [5.41, 5.74) is -0.0457. The van der Waals surface area contributed by atoms with Gasteiger partial charge in [-0.2, -0.15) is 13.2 Å². The fraction of sp³-hybridized carbons (Fsp3) is 0.333. The lowest BCUT2D eigenvalue weighted by Crippen LogP contribution is -2.38. The minimum atomic E-state index is -4.43. The van der Waals surface area contributed by atoms with Gasteiger partial charge in [-0.1, -0.05) is 12.1 Å². The van der Waals surface area contributed by atoms with E-state index in [0.717, 1.165) is 12.1 Å². The third-order valence-corrected chi connectivity index (χ3v) is 4.88. The summed E-state index contributed by atoms with van der Waals surface area (Å²) in [5.74, 6) is 0.290. The first-order valence-corrected chi connectivity index (χ1v) is 9.22. The van der Waals surface area contributed by atoms with Crippen LogP contribution in [0, 0.1) is 0 Å². The van der Waals surface area contributed by atoms with Crippen LogP contribution in [0.5, 0.6) is 11.5 Å². The topological polar surface area (TPSA) is 67.9 Å². The molecule has 3 rings (SSSR count). The van der Waals surface area contributed by atoms with Crippen LogP contribution in [-0.2, 0) is 22.4 Å². The van der Waals surface area contributed by atoms with E-state index >= 15 is 0 Å². The number of hydrogen-bond donors (Lipinski definition) is 1. The molecule has 0 aliphatic carbocycles. The van der Waals surface area contributed by atoms with Gasteiger partial charge in [-0.15, -0.1) is 0 Å². The van der Waals surface area contributed by atoms with Crippen LogP contribution in [0.25, 0.3) is 0 Å². The van der Waals surface area contributed by atoms with Crippen LogP contribution in [0.1, 0.15) is 24.0 Å². The Kier molecular flexibility index (Phi) is 6.19. The number of methoxy groups -OCH3 is 1. The fourth-order valence-electron chi connectivity index (χ4n) is 3.21. The molecule has 6 nitrogen and oxygen atoms in total. The van der Waals surface area contributed by atoms with Gasteiger partial charge in [0.05, 0.1) is 18.4 Å². The first kappa shape index (κ1) is 21.5. The number of benzene rings is 2. The quantitative estimate of drug-likeness (QED) is 0.768. The van der Waals surface area contributed by atoms with Crippen molar-refractivity contribution in [2.45, 2.75) is 31.7 Å². The van der Waals surface area contributed by atoms with Crippen molar-refractivity contribution in [1.82, 2.24) is 4.90 Å². The summed E-state index contributed by atoms with van der Waals surface area (Å²) in [7, 11) is 3.02. The monoisotopic (exact) mass is 422 g/mol. The molecule has 1 heterocycles. The Morgan fingerprint density at radius 1 is 1.23 bits per heavy atom. The third kappa shape index (κ3) is 4.84. The van der Waals surface area contributed by atoms with Gasteiger partial charge < -0.3 is 19.7 Å². The van der Waals surface area contributed by atoms with Crippen LogP contribution in [0.2, 0.25) is 0 Å². The SMILES string of the molecule is COc1ccc(OCc2cccc(C(F)(F)F)c2)cc1NC(=O)C1CCC(=O)N1C. The number of carbonyl (C=O) groups is 2. The molecule has 0 bridgehead atoms. The number of ether oxygens (including phenoxy) is 2. The second-order valence-electron chi connectivity index (χ2n) is 6.90. The Labute approximate surface area is 171 Å². The van der Waals surface area contributed by atoms with Crippen LogP contribution < -0.4 is 14.8 Å². The number of hydrogen-bond acceptors (Lipinski definition) is 4. The molecule has 1 saturated heterocycles. The number of anilines is 1. The zero-order chi connectivity index (χ0) is 21.9. The molecule has 0 spiro atoms. The van der Waals surface area contributed by atoms with Gasteiger partial charge in [0.2, 0.25) is 11.8 Å². The van der Waals surface area contributed by atoms with E-state index in [1.807, 2.05) is 0 Å². The van der Waals surface area contributed by atoms with Crippen molar-refractivity contribution in [2.75, 3.05) is 19.5 Å². The molecule has 0 radical (unpaired) electrons. The number of carbonyl (C=O) groups excluding carboxylic acids is 2. The standard InChI is InChI=1S/C21H21F3N2O4/c1-26-17(7-9-19(26)27)20(28)25-16-11-15(6-8-18(16)29-2)30-12-13-4-3-5-14(10-13)21(22,23)24/h3-6,8,10-11,17H,7,9,12H2,1-2H3,(H,25,28). The van der Waals surface area contributed by atoms with E-state index in [1.165, 1.54) is 30.2 Å². The first-order chi connectivity index (χ1) is 14.2. The molecule has 30 heavy (non-hydrogen) atoms. The number of nitrogens with zero attached hydrogens (tertiary/aromatic N) is 1. The van der Waals surface area contributed by atoms with Crippen molar-refractivity contribution in [3.63, 3.8) is 0 Å². The molecule has 1 unspecified atom stereocenters. The Hall–Kier alpha value is -3.23. The van der Waals surface area contributed by atoms with Crippen molar-refractivity contribution in [3.05, 3.63) is 53.6 Å². The van der Waals surface area contributed by atoms with Gasteiger partial charge in [0.25, 0.3) is 0 Å². The van der Waals surface area contributed by atoms with E-state index in [0.29, 0.717) is 35.6 Å². The predicted octanol–water partition coefficient (Wildman–Crippen LogP) is 3.85. The van der Waals surface area contributed by atoms with Crippen molar-refractivity contribution in [2.24, 2.45) is 0 Å². The van der Waals surface area contributed by atoms with Gasteiger partial charge in [-0.05, 0) is 36.2 Å². The van der Waals surface area contributed by atoms with E-state index < -0.39 is 17.8 Å². The summed E-state index contributed by atoms with van der Waals surface area (Å²) in [4.78, 5) is 25.6. The van der Waals surface area contributed by atoms with Crippen molar-refractivity contribution in [1.29, 1.82) is 0 Å². The lowest BCUT2D eigenvalue weighted by Gasteiger charge is -2.20. The molecule has 2 aromatic carbocycles. The molecule has 1 aliphatic heterocycles. The number of rotatable bonds is 6. The van der Waals surface area contributed by atoms with Gasteiger partial charge in [-0.25, -0.2) is 0 Å². The minimum absolute atomic E-state index is 0.0799. The highest BCUT2D eigenvalue weighted by atomic mass is 19.4. The summed E-state index contributed by atoms with van der Waals surface area (Å²) < 4.78 is 49.4. The highest BCUT2D eigenvalue weighted by Gasteiger charge is 2.33. The zero-order valence-electron chi connectivity index (χ0n) is 16.5. The fourth-order valence-corrected chi connectivity index (χ4v) is 3.21. The molecular weight excluding hydrogens is 401 g/mol. The van der Waals surface area contributed by atoms with Crippen LogP contribution in [0.3, 0.4) is 0 Å². The van der Waals surface area contributed by atoms with E-state index in [1.54, 1.807) is 19.2 Å². The lowest BCUT2D eigenvalue weighted by atomic mass is 10.1. The number of likely N-dealkylation sites (tertiary alicyclic amines) is 1. The smallest absolute Gasteiger partial charge is 0.416 e. The summed E-state index contributed by atoms with van der Waals surface area (Å²) >= 11 is 0. The van der Waals surface area contributed by atoms with Gasteiger partial charge >= 0.3 is 6.18 Å². The van der Waals surface area contributed by atoms with E-state index in [9.17, 15) is 22.8 Å². The third-order valence-electron chi connectivity index (χ3n) is 4.88. The molecular formula is C21H21F3N2O4. The maximum atomic E-state index is 12.8. The predicted molar refractivity (Wildman–Crippen MR) is 103 cm³/mol. The Balaban J connectivity index is 1.72. The lowest BCUT2D eigenvalue weighted by molar-refractivity contribution is -0.137. The van der Waals surface area contributed by atoms with Gasteiger partial charge in [0.1, 0.15) is 24.1 Å². The summed E-state index contributed by atoms with van der Waals surface area (Å²) in [6, 6.07) is 9.01. The summed E-state index contributed by atoms with van der Waals surface area (Å²) in [6.07, 6.45) is -3.69. The van der Waals surface area contributed by atoms with E-state index in [4.69, 9.17) is 9.47 Å². The molecule has 1 aliphatic rings. The molecule has 9 heteroatoms. The second kappa shape index (κ2) is 8.64. The van der Waals surface area contributed by atoms with Crippen molar-refractivity contribution in [3.8, 4) is 11.5 Å². The number of halogens is 3. The maximum absolute atomic E-state index is 12.8. The van der Waals surface area contributed by atoms with Crippen molar-refractivity contribution >= 4 is 17.5 Å². The van der Waals surface area contributed by atoms with Gasteiger partial charge in [-0.3, -0.25) is 9.59 Å². The first-order valence-electron chi connectivity index (χ1n) is 9.22. The highest BCUT2D eigenvalue weighted by Crippen LogP contribution is 2.32. The van der Waals surface area contributed by atoms with E-state index in [-0.39, 0.29) is 18.4 Å². The summed E-state index contributed by atoms with van der Waals surface area (Å²) in [6.45, 7) is -0.0799. The Bertz CT molecular complexity index is 946. The van der Waals surface area contributed by atoms with E-state index in [2.05, 4.69) is 5.32 Å². The van der Waals surface area contributed by atoms with Crippen LogP contribution in [0.4, 0.5) is 18.9 Å². The molecule has 0 saturated carbocycles. The Morgan fingerprint density at radius 3 is 2.63 bits per heavy atom. The maximum Gasteiger partial charge on any atom is 0.416 e. The number of nitrogens with one attached hydrogen (secondary N) is 1. The molecule has 1 atom stereocenters. The number of amides is 2. The van der Waals surface area contributed by atoms with Crippen molar-refractivity contribution < 1.29 is 32.2 Å². The van der Waals surface area contributed by atoms with Crippen LogP contribution >= 0.6 is 0 Å². The zero-order valence-corrected chi connectivity index (χ0v) is 16.5. The van der Waals surface area contributed by atoms with Crippen LogP contribution in [0.15, 0.2) is 42.5 Å². The van der Waals surface area contributed by atoms with Crippen LogP contribution in [-0.4, -0.2) is 36.9 Å². The number of likely N-dealkylation sites (N-methyl/N-ethyl adjacent to an activating group) is 1. The molecule has 1 N–H and O–H groups in total. The van der Waals surface area contributed by atoms with Gasteiger partial charge in [0, 0.05) is 19.5 Å². The highest BCUT2D eigenvalue weighted by molar-refractivity contribution is 5.99. The average Bonchev–Trinajstić information content (AvgIpc) is 3.05. The number of alkyl halides is 3. The molecule has 160 valence electrons. The van der Waals surface area contributed by atoms with Gasteiger partial charge in [0.15, 0.2) is 0 Å². The average molecular weight is 422 g/mol. The summed E-state index contributed by atoms with van der Waals surface area (Å²) in [5, 5.41) is 2.74. The Morgan fingerprint density at radius 2 is 2.00 bits per heavy atom. The molecule has 2 amide bonds. The molecule has 0 aromatic heterocycles.